The maximum atomic E-state index is 12.7. The van der Waals surface area contributed by atoms with Crippen LogP contribution in [0, 0.1) is 0 Å². The summed E-state index contributed by atoms with van der Waals surface area (Å²) in [7, 11) is 0. The Balaban J connectivity index is 1.42. The van der Waals surface area contributed by atoms with Gasteiger partial charge in [0.05, 0.1) is 12.7 Å². The topological polar surface area (TPSA) is 184 Å². The number of carbonyl (C=O) groups is 3. The van der Waals surface area contributed by atoms with E-state index in [0.717, 1.165) is 22.3 Å². The molecule has 2 aromatic rings. The molecule has 2 aromatic carbocycles. The van der Waals surface area contributed by atoms with E-state index in [0.29, 0.717) is 0 Å². The van der Waals surface area contributed by atoms with E-state index in [9.17, 15) is 34.8 Å². The van der Waals surface area contributed by atoms with Crippen LogP contribution in [0.2, 0.25) is 0 Å². The smallest absolute Gasteiger partial charge is 0.407 e. The standard InChI is InChI=1S/C27H32N2O10/c1-13(38-26-22(28-14(2)31)24(33)23(32)20(11-30)39-26)21(25(34)35)29-27(36)37-12-19-17-9-5-3-7-15(17)16-8-4-6-10-18(16)19/h3-10,13,19-24,26,30,32-33H,11-12H2,1-2H3,(H,28,31)(H,29,36)(H,34,35)/t13-,20-,21+,22-,23+,24-,26-/m1/s1. The minimum Gasteiger partial charge on any atom is -0.480 e. The van der Waals surface area contributed by atoms with Gasteiger partial charge in [0.25, 0.3) is 0 Å². The first-order chi connectivity index (χ1) is 18.6. The van der Waals surface area contributed by atoms with Crippen molar-refractivity contribution in [2.75, 3.05) is 13.2 Å². The lowest BCUT2D eigenvalue weighted by Crippen LogP contribution is -2.65. The Hall–Kier alpha value is -3.55. The summed E-state index contributed by atoms with van der Waals surface area (Å²) in [5.41, 5.74) is 4.08. The van der Waals surface area contributed by atoms with Crippen molar-refractivity contribution in [2.45, 2.75) is 62.6 Å². The van der Waals surface area contributed by atoms with E-state index in [2.05, 4.69) is 10.6 Å². The second-order valence-corrected chi connectivity index (χ2v) is 9.56. The molecule has 12 heteroatoms. The number of carboxylic acids is 1. The van der Waals surface area contributed by atoms with Gasteiger partial charge in [-0.3, -0.25) is 4.79 Å². The molecule has 1 saturated heterocycles. The number of benzene rings is 2. The summed E-state index contributed by atoms with van der Waals surface area (Å²) < 4.78 is 16.6. The average Bonchev–Trinajstić information content (AvgIpc) is 3.23. The van der Waals surface area contributed by atoms with Crippen LogP contribution >= 0.6 is 0 Å². The van der Waals surface area contributed by atoms with Crippen LogP contribution in [0.4, 0.5) is 4.79 Å². The van der Waals surface area contributed by atoms with E-state index in [4.69, 9.17) is 14.2 Å². The van der Waals surface area contributed by atoms with Gasteiger partial charge in [0.15, 0.2) is 12.3 Å². The number of ether oxygens (including phenoxy) is 3. The maximum absolute atomic E-state index is 12.7. The van der Waals surface area contributed by atoms with Gasteiger partial charge < -0.3 is 45.3 Å². The van der Waals surface area contributed by atoms with Gasteiger partial charge >= 0.3 is 12.1 Å². The van der Waals surface area contributed by atoms with Crippen LogP contribution in [0.3, 0.4) is 0 Å². The number of rotatable bonds is 9. The van der Waals surface area contributed by atoms with E-state index in [1.54, 1.807) is 0 Å². The molecule has 2 aliphatic rings. The van der Waals surface area contributed by atoms with Crippen LogP contribution in [0.15, 0.2) is 48.5 Å². The maximum Gasteiger partial charge on any atom is 0.407 e. The van der Waals surface area contributed by atoms with Crippen molar-refractivity contribution >= 4 is 18.0 Å². The Kier molecular flexibility index (Phi) is 8.83. The van der Waals surface area contributed by atoms with Gasteiger partial charge in [-0.2, -0.15) is 0 Å². The molecule has 0 unspecified atom stereocenters. The summed E-state index contributed by atoms with van der Waals surface area (Å²) in [6, 6.07) is 12.7. The molecule has 1 aliphatic carbocycles. The van der Waals surface area contributed by atoms with Crippen molar-refractivity contribution < 1.29 is 49.0 Å². The van der Waals surface area contributed by atoms with Crippen molar-refractivity contribution in [2.24, 2.45) is 0 Å². The molecular formula is C27H32N2O10. The van der Waals surface area contributed by atoms with Crippen molar-refractivity contribution in [1.29, 1.82) is 0 Å². The van der Waals surface area contributed by atoms with Crippen LogP contribution in [-0.2, 0) is 23.8 Å². The largest absolute Gasteiger partial charge is 0.480 e. The molecule has 0 saturated carbocycles. The van der Waals surface area contributed by atoms with E-state index in [1.165, 1.54) is 13.8 Å². The lowest BCUT2D eigenvalue weighted by atomic mass is 9.96. The molecule has 12 nitrogen and oxygen atoms in total. The highest BCUT2D eigenvalue weighted by atomic mass is 16.7. The number of carbonyl (C=O) groups excluding carboxylic acids is 2. The summed E-state index contributed by atoms with van der Waals surface area (Å²) in [6.45, 7) is 1.83. The molecule has 0 bridgehead atoms. The summed E-state index contributed by atoms with van der Waals surface area (Å²) in [6.07, 6.45) is -8.02. The highest BCUT2D eigenvalue weighted by molar-refractivity contribution is 5.81. The second kappa shape index (κ2) is 12.1. The van der Waals surface area contributed by atoms with Crippen LogP contribution < -0.4 is 10.6 Å². The fourth-order valence-corrected chi connectivity index (χ4v) is 5.02. The Morgan fingerprint density at radius 2 is 1.59 bits per heavy atom. The average molecular weight is 545 g/mol. The lowest BCUT2D eigenvalue weighted by Gasteiger charge is -2.43. The number of carboxylic acid groups (broad SMARTS) is 1. The SMILES string of the molecule is CC(=O)N[C@H]1[C@H](O[C@H](C)[C@H](NC(=O)OCC2c3ccccc3-c3ccccc32)C(=O)O)O[C@H](CO)[C@H](O)[C@@H]1O. The van der Waals surface area contributed by atoms with Crippen molar-refractivity contribution in [1.82, 2.24) is 10.6 Å². The van der Waals surface area contributed by atoms with Gasteiger partial charge in [-0.25, -0.2) is 9.59 Å². The zero-order valence-electron chi connectivity index (χ0n) is 21.4. The molecule has 4 rings (SSSR count). The predicted octanol–water partition coefficient (Wildman–Crippen LogP) is 0.327. The summed E-state index contributed by atoms with van der Waals surface area (Å²) in [5, 5.41) is 44.5. The van der Waals surface area contributed by atoms with E-state index in [-0.39, 0.29) is 12.5 Å². The zero-order chi connectivity index (χ0) is 28.3. The third-order valence-corrected chi connectivity index (χ3v) is 6.95. The molecule has 210 valence electrons. The van der Waals surface area contributed by atoms with E-state index >= 15 is 0 Å². The monoisotopic (exact) mass is 544 g/mol. The van der Waals surface area contributed by atoms with Gasteiger partial charge in [-0.15, -0.1) is 0 Å². The zero-order valence-corrected chi connectivity index (χ0v) is 21.4. The summed E-state index contributed by atoms with van der Waals surface area (Å²) in [4.78, 5) is 36.3. The minimum atomic E-state index is -1.60. The van der Waals surface area contributed by atoms with Gasteiger partial charge in [-0.05, 0) is 29.2 Å². The molecule has 6 N–H and O–H groups in total. The van der Waals surface area contributed by atoms with Gasteiger partial charge in [0.1, 0.15) is 31.0 Å². The predicted molar refractivity (Wildman–Crippen MR) is 136 cm³/mol. The van der Waals surface area contributed by atoms with Gasteiger partial charge in [-0.1, -0.05) is 48.5 Å². The number of aliphatic hydroxyl groups excluding tert-OH is 3. The Bertz CT molecular complexity index is 1160. The molecule has 1 heterocycles. The third kappa shape index (κ3) is 6.05. The van der Waals surface area contributed by atoms with Crippen LogP contribution in [0.5, 0.6) is 0 Å². The molecular weight excluding hydrogens is 512 g/mol. The number of nitrogens with one attached hydrogen (secondary N) is 2. The third-order valence-electron chi connectivity index (χ3n) is 6.95. The summed E-state index contributed by atoms with van der Waals surface area (Å²) in [5.74, 6) is -2.22. The van der Waals surface area contributed by atoms with Crippen molar-refractivity contribution in [3.05, 3.63) is 59.7 Å². The highest BCUT2D eigenvalue weighted by Gasteiger charge is 2.47. The number of alkyl carbamates (subject to hydrolysis) is 1. The number of aliphatic carboxylic acids is 1. The quantitative estimate of drug-likeness (QED) is 0.257. The van der Waals surface area contributed by atoms with Crippen LogP contribution in [-0.4, -0.2) is 94.4 Å². The van der Waals surface area contributed by atoms with Crippen molar-refractivity contribution in [3.63, 3.8) is 0 Å². The Labute approximate surface area is 224 Å². The Morgan fingerprint density at radius 3 is 2.13 bits per heavy atom. The highest BCUT2D eigenvalue weighted by Crippen LogP contribution is 2.44. The number of amides is 2. The molecule has 0 spiro atoms. The van der Waals surface area contributed by atoms with Crippen molar-refractivity contribution in [3.8, 4) is 11.1 Å². The van der Waals surface area contributed by atoms with Crippen LogP contribution in [0.25, 0.3) is 11.1 Å². The van der Waals surface area contributed by atoms with Gasteiger partial charge in [0, 0.05) is 12.8 Å². The molecule has 1 aliphatic heterocycles. The van der Waals surface area contributed by atoms with Gasteiger partial charge in [0.2, 0.25) is 5.91 Å². The first-order valence-electron chi connectivity index (χ1n) is 12.5. The normalized spacial score (nSPS) is 25.6. The molecule has 7 atom stereocenters. The number of hydrogen-bond donors (Lipinski definition) is 6. The lowest BCUT2D eigenvalue weighted by molar-refractivity contribution is -0.282. The van der Waals surface area contributed by atoms with E-state index in [1.807, 2.05) is 48.5 Å². The minimum absolute atomic E-state index is 0.0277. The Morgan fingerprint density at radius 1 is 1.00 bits per heavy atom. The fourth-order valence-electron chi connectivity index (χ4n) is 5.02. The molecule has 0 radical (unpaired) electrons. The number of aliphatic hydroxyl groups is 3. The second-order valence-electron chi connectivity index (χ2n) is 9.56. The fraction of sp³-hybridized carbons (Fsp3) is 0.444. The molecule has 39 heavy (non-hydrogen) atoms. The molecule has 2 amide bonds. The first-order valence-corrected chi connectivity index (χ1v) is 12.5. The number of hydrogen-bond acceptors (Lipinski definition) is 9. The summed E-state index contributed by atoms with van der Waals surface area (Å²) >= 11 is 0. The molecule has 0 aromatic heterocycles. The molecule has 1 fully saturated rings. The van der Waals surface area contributed by atoms with Crippen LogP contribution in [0.1, 0.15) is 30.9 Å². The number of fused-ring (bicyclic) bond motifs is 3. The first kappa shape index (κ1) is 28.5. The van der Waals surface area contributed by atoms with E-state index < -0.39 is 67.4 Å².